The molecular weight excluding hydrogens is 415 g/mol. The first kappa shape index (κ1) is 20.3. The molecule has 0 saturated heterocycles. The third-order valence-corrected chi connectivity index (χ3v) is 7.40. The van der Waals surface area contributed by atoms with E-state index < -0.39 is 26.9 Å². The van der Waals surface area contributed by atoms with Crippen LogP contribution in [0, 0.1) is 16.1 Å². The van der Waals surface area contributed by atoms with Gasteiger partial charge in [-0.15, -0.1) is 0 Å². The predicted molar refractivity (Wildman–Crippen MR) is 105 cm³/mol. The maximum absolute atomic E-state index is 13.0. The summed E-state index contributed by atoms with van der Waals surface area (Å²) in [5.74, 6) is 0.331. The third kappa shape index (κ3) is 3.13. The normalized spacial score (nSPS) is 17.5. The molecule has 1 N–H and O–H groups in total. The number of alkyl halides is 3. The highest BCUT2D eigenvalue weighted by molar-refractivity contribution is 7.92. The monoisotopic (exact) mass is 433 g/mol. The molecule has 0 amide bonds. The summed E-state index contributed by atoms with van der Waals surface area (Å²) >= 11 is 0. The molecule has 0 spiro atoms. The van der Waals surface area contributed by atoms with E-state index in [1.807, 2.05) is 0 Å². The van der Waals surface area contributed by atoms with E-state index in [0.717, 1.165) is 12.3 Å². The fraction of sp³-hybridized carbons (Fsp3) is 0.350. The average molecular weight is 433 g/mol. The van der Waals surface area contributed by atoms with E-state index in [1.54, 1.807) is 32.2 Å². The van der Waals surface area contributed by atoms with E-state index in [1.165, 1.54) is 4.57 Å². The Balaban J connectivity index is 1.95. The summed E-state index contributed by atoms with van der Waals surface area (Å²) in [6.07, 6.45) is -2.39. The van der Waals surface area contributed by atoms with Crippen LogP contribution in [0.4, 0.5) is 13.2 Å². The molecule has 2 aromatic heterocycles. The van der Waals surface area contributed by atoms with E-state index >= 15 is 0 Å². The molecule has 1 fully saturated rings. The summed E-state index contributed by atoms with van der Waals surface area (Å²) in [4.78, 5) is 8.46. The van der Waals surface area contributed by atoms with Crippen molar-refractivity contribution >= 4 is 20.9 Å². The highest BCUT2D eigenvalue weighted by Gasteiger charge is 2.45. The van der Waals surface area contributed by atoms with Crippen LogP contribution in [-0.2, 0) is 28.4 Å². The van der Waals surface area contributed by atoms with Crippen molar-refractivity contribution in [3.05, 3.63) is 41.6 Å². The van der Waals surface area contributed by atoms with Gasteiger partial charge in [-0.3, -0.25) is 0 Å². The van der Waals surface area contributed by atoms with E-state index in [0.29, 0.717) is 24.0 Å². The number of aromatic nitrogens is 3. The zero-order valence-corrected chi connectivity index (χ0v) is 17.1. The van der Waals surface area contributed by atoms with Gasteiger partial charge in [0, 0.05) is 24.6 Å². The van der Waals surface area contributed by atoms with Crippen LogP contribution in [0.5, 0.6) is 0 Å². The van der Waals surface area contributed by atoms with E-state index in [4.69, 9.17) is 4.78 Å². The second kappa shape index (κ2) is 6.54. The van der Waals surface area contributed by atoms with Gasteiger partial charge in [0.15, 0.2) is 5.65 Å². The molecule has 156 valence electrons. The summed E-state index contributed by atoms with van der Waals surface area (Å²) in [6, 6.07) is 8.23. The van der Waals surface area contributed by atoms with E-state index in [-0.39, 0.29) is 27.6 Å². The largest absolute Gasteiger partial charge is 0.417 e. The number of pyridine rings is 1. The van der Waals surface area contributed by atoms with Gasteiger partial charge in [0.25, 0.3) is 0 Å². The summed E-state index contributed by atoms with van der Waals surface area (Å²) in [6.45, 7) is 1.63. The van der Waals surface area contributed by atoms with Crippen LogP contribution in [0.3, 0.4) is 0 Å². The van der Waals surface area contributed by atoms with Crippen molar-refractivity contribution in [1.82, 2.24) is 14.5 Å². The number of rotatable bonds is 4. The Morgan fingerprint density at radius 3 is 2.60 bits per heavy atom. The number of fused-ring (bicyclic) bond motifs is 1. The van der Waals surface area contributed by atoms with Crippen LogP contribution >= 0.6 is 0 Å². The average Bonchev–Trinajstić information content (AvgIpc) is 3.45. The van der Waals surface area contributed by atoms with Gasteiger partial charge >= 0.3 is 6.18 Å². The number of hydrogen-bond acceptors (Lipinski definition) is 5. The Kier molecular flexibility index (Phi) is 4.43. The number of nitriles is 1. The van der Waals surface area contributed by atoms with Gasteiger partial charge in [-0.05, 0) is 36.6 Å². The molecule has 30 heavy (non-hydrogen) atoms. The van der Waals surface area contributed by atoms with E-state index in [2.05, 4.69) is 16.0 Å². The summed E-state index contributed by atoms with van der Waals surface area (Å²) in [5, 5.41) is 9.49. The van der Waals surface area contributed by atoms with Gasteiger partial charge in [-0.2, -0.15) is 18.4 Å². The van der Waals surface area contributed by atoms with Crippen LogP contribution in [0.1, 0.15) is 30.9 Å². The lowest BCUT2D eigenvalue weighted by Gasteiger charge is -2.15. The second-order valence-electron chi connectivity index (χ2n) is 7.43. The lowest BCUT2D eigenvalue weighted by Crippen LogP contribution is -2.10. The summed E-state index contributed by atoms with van der Waals surface area (Å²) in [5.41, 5.74) is -0.126. The number of benzene rings is 1. The van der Waals surface area contributed by atoms with Crippen LogP contribution < -0.4 is 0 Å². The molecule has 6 nitrogen and oxygen atoms in total. The Labute approximate surface area is 171 Å². The summed E-state index contributed by atoms with van der Waals surface area (Å²) < 4.78 is 62.0. The van der Waals surface area contributed by atoms with Crippen molar-refractivity contribution in [2.75, 3.05) is 5.75 Å². The minimum absolute atomic E-state index is 0.0565. The first-order chi connectivity index (χ1) is 14.0. The van der Waals surface area contributed by atoms with Gasteiger partial charge < -0.3 is 4.57 Å². The molecule has 1 aliphatic carbocycles. The minimum Gasteiger partial charge on any atom is -0.312 e. The number of imidazole rings is 1. The Bertz CT molecular complexity index is 1310. The number of nitrogens with one attached hydrogen (secondary N) is 1. The van der Waals surface area contributed by atoms with Crippen LogP contribution in [0.25, 0.3) is 22.6 Å². The topological polar surface area (TPSA) is 95.4 Å². The highest BCUT2D eigenvalue weighted by atomic mass is 32.2. The molecule has 3 aromatic rings. The van der Waals surface area contributed by atoms with E-state index in [9.17, 15) is 22.6 Å². The number of nitrogens with zero attached hydrogens (tertiary/aromatic N) is 4. The molecule has 1 aliphatic rings. The lowest BCUT2D eigenvalue weighted by atomic mass is 9.96. The quantitative estimate of drug-likeness (QED) is 0.649. The lowest BCUT2D eigenvalue weighted by molar-refractivity contribution is -0.137. The number of halogens is 3. The van der Waals surface area contributed by atoms with Crippen molar-refractivity contribution in [1.29, 1.82) is 10.0 Å². The standard InChI is InChI=1S/C20H18F3N5OS/c1-3-30(25,29)16-9-12(19(11-24)6-7-19)4-5-14(16)17-27-15-8-13(20(21,22)23)10-26-18(15)28(17)2/h4-5,8-10,25H,3,6-7H2,1-2H3/t30-/m1/s1. The smallest absolute Gasteiger partial charge is 0.312 e. The Hall–Kier alpha value is -2.93. The molecule has 10 heteroatoms. The molecule has 0 aliphatic heterocycles. The molecule has 4 rings (SSSR count). The second-order valence-corrected chi connectivity index (χ2v) is 9.80. The Morgan fingerprint density at radius 2 is 2.03 bits per heavy atom. The fourth-order valence-electron chi connectivity index (χ4n) is 3.50. The van der Waals surface area contributed by atoms with Gasteiger partial charge in [0.1, 0.15) is 11.3 Å². The highest BCUT2D eigenvalue weighted by Crippen LogP contribution is 2.48. The van der Waals surface area contributed by atoms with Crippen LogP contribution in [0.2, 0.25) is 0 Å². The van der Waals surface area contributed by atoms with Crippen molar-refractivity contribution in [2.45, 2.75) is 36.3 Å². The third-order valence-electron chi connectivity index (χ3n) is 5.54. The molecular formula is C20H18F3N5OS. The maximum Gasteiger partial charge on any atom is 0.417 e. The summed E-state index contributed by atoms with van der Waals surface area (Å²) in [7, 11) is -1.58. The van der Waals surface area contributed by atoms with Gasteiger partial charge in [0.2, 0.25) is 0 Å². The maximum atomic E-state index is 13.0. The zero-order valence-electron chi connectivity index (χ0n) is 16.2. The molecule has 0 radical (unpaired) electrons. The first-order valence-electron chi connectivity index (χ1n) is 9.25. The van der Waals surface area contributed by atoms with Gasteiger partial charge in [0.05, 0.1) is 31.7 Å². The molecule has 0 unspecified atom stereocenters. The molecule has 1 saturated carbocycles. The van der Waals surface area contributed by atoms with Crippen molar-refractivity contribution in [3.63, 3.8) is 0 Å². The van der Waals surface area contributed by atoms with Crippen LogP contribution in [0.15, 0.2) is 35.4 Å². The zero-order chi connectivity index (χ0) is 21.9. The Morgan fingerprint density at radius 1 is 1.33 bits per heavy atom. The van der Waals surface area contributed by atoms with Crippen molar-refractivity contribution in [3.8, 4) is 17.5 Å². The predicted octanol–water partition coefficient (Wildman–Crippen LogP) is 4.63. The molecule has 2 heterocycles. The van der Waals surface area contributed by atoms with Gasteiger partial charge in [-0.1, -0.05) is 13.0 Å². The SMILES string of the molecule is CC[S@@](=N)(=O)c1cc(C2(C#N)CC2)ccc1-c1nc2cc(C(F)(F)F)cnc2n1C. The van der Waals surface area contributed by atoms with Crippen molar-refractivity contribution in [2.24, 2.45) is 7.05 Å². The fourth-order valence-corrected chi connectivity index (χ4v) is 4.64. The number of aryl methyl sites for hydroxylation is 1. The minimum atomic E-state index is -4.54. The number of hydrogen-bond donors (Lipinski definition) is 1. The van der Waals surface area contributed by atoms with Gasteiger partial charge in [-0.25, -0.2) is 19.0 Å². The molecule has 1 aromatic carbocycles. The van der Waals surface area contributed by atoms with Crippen molar-refractivity contribution < 1.29 is 17.4 Å². The first-order valence-corrected chi connectivity index (χ1v) is 11.0. The molecule has 1 atom stereocenters. The molecule has 0 bridgehead atoms. The van der Waals surface area contributed by atoms with Crippen LogP contribution in [-0.4, -0.2) is 24.5 Å².